The Labute approximate surface area is 124 Å². The molecule has 6 heteroatoms. The Kier molecular flexibility index (Phi) is 6.21. The number of aryl methyl sites for hydroxylation is 1. The highest BCUT2D eigenvalue weighted by Gasteiger charge is 2.18. The number of nitrogens with two attached hydrogens (primary N) is 1. The fourth-order valence-corrected chi connectivity index (χ4v) is 1.95. The molecule has 0 bridgehead atoms. The van der Waals surface area contributed by atoms with Crippen LogP contribution in [0.15, 0.2) is 36.5 Å². The van der Waals surface area contributed by atoms with E-state index in [0.29, 0.717) is 25.2 Å². The molecule has 2 aromatic rings. The third-order valence-corrected chi connectivity index (χ3v) is 2.96. The van der Waals surface area contributed by atoms with Crippen LogP contribution in [0.3, 0.4) is 0 Å². The Morgan fingerprint density at radius 3 is 2.60 bits per heavy atom. The van der Waals surface area contributed by atoms with E-state index in [0.717, 1.165) is 11.3 Å². The van der Waals surface area contributed by atoms with Crippen LogP contribution in [0.1, 0.15) is 21.6 Å². The number of amides is 1. The molecule has 5 nitrogen and oxygen atoms in total. The topological polar surface area (TPSA) is 75.0 Å². The maximum Gasteiger partial charge on any atom is 0.257 e. The monoisotopic (exact) mass is 294 g/mol. The second kappa shape index (κ2) is 7.67. The largest absolute Gasteiger partial charge is 0.333 e. The Hall–Kier alpha value is -1.85. The van der Waals surface area contributed by atoms with Crippen molar-refractivity contribution in [3.63, 3.8) is 0 Å². The van der Waals surface area contributed by atoms with E-state index in [2.05, 4.69) is 10.2 Å². The van der Waals surface area contributed by atoms with Gasteiger partial charge in [0.25, 0.3) is 5.91 Å². The molecule has 0 aliphatic carbocycles. The number of halogens is 1. The SMILES string of the molecule is Cc1[nH]ncc1C(=O)N(CCN)Cc1ccccc1.Cl. The van der Waals surface area contributed by atoms with Gasteiger partial charge in [-0.1, -0.05) is 30.3 Å². The van der Waals surface area contributed by atoms with E-state index < -0.39 is 0 Å². The third-order valence-electron chi connectivity index (χ3n) is 2.96. The minimum atomic E-state index is -0.0412. The molecule has 0 saturated carbocycles. The van der Waals surface area contributed by atoms with Gasteiger partial charge in [0.1, 0.15) is 0 Å². The van der Waals surface area contributed by atoms with Crippen LogP contribution in [0.5, 0.6) is 0 Å². The highest BCUT2D eigenvalue weighted by molar-refractivity contribution is 5.95. The molecule has 0 aliphatic heterocycles. The van der Waals surface area contributed by atoms with Gasteiger partial charge < -0.3 is 10.6 Å². The van der Waals surface area contributed by atoms with Crippen molar-refractivity contribution < 1.29 is 4.79 Å². The van der Waals surface area contributed by atoms with Gasteiger partial charge >= 0.3 is 0 Å². The van der Waals surface area contributed by atoms with E-state index in [-0.39, 0.29) is 18.3 Å². The van der Waals surface area contributed by atoms with Crippen LogP contribution < -0.4 is 5.73 Å². The highest BCUT2D eigenvalue weighted by atomic mass is 35.5. The number of nitrogens with one attached hydrogen (secondary N) is 1. The van der Waals surface area contributed by atoms with E-state index in [4.69, 9.17) is 5.73 Å². The van der Waals surface area contributed by atoms with E-state index in [1.54, 1.807) is 11.1 Å². The summed E-state index contributed by atoms with van der Waals surface area (Å²) in [5.41, 5.74) is 8.06. The Bertz CT molecular complexity index is 541. The fraction of sp³-hybridized carbons (Fsp3) is 0.286. The molecule has 0 fully saturated rings. The normalized spacial score (nSPS) is 9.90. The Morgan fingerprint density at radius 2 is 2.05 bits per heavy atom. The number of aromatic amines is 1. The second-order valence-electron chi connectivity index (χ2n) is 4.41. The minimum absolute atomic E-state index is 0. The number of nitrogens with zero attached hydrogens (tertiary/aromatic N) is 2. The molecule has 20 heavy (non-hydrogen) atoms. The molecule has 0 saturated heterocycles. The molecule has 1 amide bonds. The number of rotatable bonds is 5. The summed E-state index contributed by atoms with van der Waals surface area (Å²) in [5.74, 6) is -0.0412. The van der Waals surface area contributed by atoms with Crippen LogP contribution in [0, 0.1) is 6.92 Å². The van der Waals surface area contributed by atoms with Gasteiger partial charge in [-0.15, -0.1) is 12.4 Å². The average Bonchev–Trinajstić information content (AvgIpc) is 2.85. The molecule has 0 aliphatic rings. The van der Waals surface area contributed by atoms with Crippen molar-refractivity contribution in [2.24, 2.45) is 5.73 Å². The predicted molar refractivity (Wildman–Crippen MR) is 80.8 cm³/mol. The van der Waals surface area contributed by atoms with Crippen molar-refractivity contribution in [2.75, 3.05) is 13.1 Å². The molecular formula is C14H19ClN4O. The lowest BCUT2D eigenvalue weighted by Crippen LogP contribution is -2.35. The first-order valence-electron chi connectivity index (χ1n) is 6.25. The van der Waals surface area contributed by atoms with Crippen molar-refractivity contribution in [2.45, 2.75) is 13.5 Å². The number of carbonyl (C=O) groups excluding carboxylic acids is 1. The number of carbonyl (C=O) groups is 1. The Balaban J connectivity index is 0.00000200. The van der Waals surface area contributed by atoms with Gasteiger partial charge in [0.2, 0.25) is 0 Å². The molecule has 0 unspecified atom stereocenters. The quantitative estimate of drug-likeness (QED) is 0.882. The highest BCUT2D eigenvalue weighted by Crippen LogP contribution is 2.11. The van der Waals surface area contributed by atoms with Gasteiger partial charge in [0.15, 0.2) is 0 Å². The maximum atomic E-state index is 12.4. The van der Waals surface area contributed by atoms with Crippen molar-refractivity contribution >= 4 is 18.3 Å². The van der Waals surface area contributed by atoms with Crippen molar-refractivity contribution in [3.05, 3.63) is 53.3 Å². The number of benzene rings is 1. The average molecular weight is 295 g/mol. The molecule has 1 heterocycles. The van der Waals surface area contributed by atoms with Crippen molar-refractivity contribution in [3.8, 4) is 0 Å². The molecule has 1 aromatic carbocycles. The number of hydrogen-bond acceptors (Lipinski definition) is 3. The van der Waals surface area contributed by atoms with Gasteiger partial charge in [-0.3, -0.25) is 9.89 Å². The van der Waals surface area contributed by atoms with Gasteiger partial charge in [0, 0.05) is 25.3 Å². The van der Waals surface area contributed by atoms with Crippen molar-refractivity contribution in [1.29, 1.82) is 0 Å². The van der Waals surface area contributed by atoms with Crippen LogP contribution in [0.25, 0.3) is 0 Å². The first kappa shape index (κ1) is 16.2. The van der Waals surface area contributed by atoms with Gasteiger partial charge in [-0.25, -0.2) is 0 Å². The summed E-state index contributed by atoms with van der Waals surface area (Å²) >= 11 is 0. The van der Waals surface area contributed by atoms with Crippen LogP contribution in [-0.2, 0) is 6.54 Å². The Morgan fingerprint density at radius 1 is 1.35 bits per heavy atom. The van der Waals surface area contributed by atoms with E-state index in [1.165, 1.54) is 0 Å². The van der Waals surface area contributed by atoms with E-state index in [1.807, 2.05) is 37.3 Å². The number of aromatic nitrogens is 2. The first-order chi connectivity index (χ1) is 9.22. The van der Waals surface area contributed by atoms with Crippen LogP contribution >= 0.6 is 12.4 Å². The molecular weight excluding hydrogens is 276 g/mol. The number of H-pyrrole nitrogens is 1. The molecule has 0 atom stereocenters. The lowest BCUT2D eigenvalue weighted by atomic mass is 10.2. The standard InChI is InChI=1S/C14H18N4O.ClH/c1-11-13(9-16-17-11)14(19)18(8-7-15)10-12-5-3-2-4-6-12;/h2-6,9H,7-8,10,15H2,1H3,(H,16,17);1H. The summed E-state index contributed by atoms with van der Waals surface area (Å²) in [5, 5.41) is 6.67. The molecule has 108 valence electrons. The number of hydrogen-bond donors (Lipinski definition) is 2. The first-order valence-corrected chi connectivity index (χ1v) is 6.25. The third kappa shape index (κ3) is 3.82. The molecule has 0 radical (unpaired) electrons. The second-order valence-corrected chi connectivity index (χ2v) is 4.41. The summed E-state index contributed by atoms with van der Waals surface area (Å²) in [6.07, 6.45) is 1.56. The smallest absolute Gasteiger partial charge is 0.257 e. The van der Waals surface area contributed by atoms with Crippen LogP contribution in [-0.4, -0.2) is 34.1 Å². The predicted octanol–water partition coefficient (Wildman–Crippen LogP) is 1.74. The maximum absolute atomic E-state index is 12.4. The zero-order chi connectivity index (χ0) is 13.7. The summed E-state index contributed by atoms with van der Waals surface area (Å²) in [6.45, 7) is 3.36. The molecule has 0 spiro atoms. The van der Waals surface area contributed by atoms with E-state index >= 15 is 0 Å². The van der Waals surface area contributed by atoms with Gasteiger partial charge in [-0.05, 0) is 12.5 Å². The molecule has 2 rings (SSSR count). The van der Waals surface area contributed by atoms with E-state index in [9.17, 15) is 4.79 Å². The van der Waals surface area contributed by atoms with Gasteiger partial charge in [-0.2, -0.15) is 5.10 Å². The van der Waals surface area contributed by atoms with Crippen LogP contribution in [0.4, 0.5) is 0 Å². The van der Waals surface area contributed by atoms with Gasteiger partial charge in [0.05, 0.1) is 11.8 Å². The zero-order valence-electron chi connectivity index (χ0n) is 11.4. The molecule has 3 N–H and O–H groups in total. The zero-order valence-corrected chi connectivity index (χ0v) is 12.2. The summed E-state index contributed by atoms with van der Waals surface area (Å²) in [4.78, 5) is 14.2. The lowest BCUT2D eigenvalue weighted by molar-refractivity contribution is 0.0747. The minimum Gasteiger partial charge on any atom is -0.333 e. The fourth-order valence-electron chi connectivity index (χ4n) is 1.95. The molecule has 1 aromatic heterocycles. The van der Waals surface area contributed by atoms with Crippen LogP contribution in [0.2, 0.25) is 0 Å². The lowest BCUT2D eigenvalue weighted by Gasteiger charge is -2.22. The van der Waals surface area contributed by atoms with Crippen molar-refractivity contribution in [1.82, 2.24) is 15.1 Å². The summed E-state index contributed by atoms with van der Waals surface area (Å²) < 4.78 is 0. The summed E-state index contributed by atoms with van der Waals surface area (Å²) in [6, 6.07) is 9.88. The summed E-state index contributed by atoms with van der Waals surface area (Å²) in [7, 11) is 0.